The van der Waals surface area contributed by atoms with Crippen molar-refractivity contribution in [2.75, 3.05) is 24.4 Å². The summed E-state index contributed by atoms with van der Waals surface area (Å²) in [6.07, 6.45) is 1.07. The van der Waals surface area contributed by atoms with Crippen LogP contribution in [0.2, 0.25) is 0 Å². The highest BCUT2D eigenvalue weighted by molar-refractivity contribution is 6.06. The number of rotatable bonds is 6. The van der Waals surface area contributed by atoms with E-state index < -0.39 is 18.0 Å². The number of carboxylic acid groups (broad SMARTS) is 1. The molecular weight excluding hydrogens is 364 g/mol. The molecule has 8 heteroatoms. The number of carboxylic acids is 1. The zero-order valence-corrected chi connectivity index (χ0v) is 15.2. The van der Waals surface area contributed by atoms with Gasteiger partial charge in [-0.3, -0.25) is 9.59 Å². The average molecular weight is 384 g/mol. The Bertz CT molecular complexity index is 905. The monoisotopic (exact) mass is 384 g/mol. The quantitative estimate of drug-likeness (QED) is 0.706. The van der Waals surface area contributed by atoms with Crippen LogP contribution >= 0.6 is 0 Å². The van der Waals surface area contributed by atoms with E-state index in [4.69, 9.17) is 14.6 Å². The molecule has 0 spiro atoms. The lowest BCUT2D eigenvalue weighted by Gasteiger charge is -2.13. The molecule has 1 unspecified atom stereocenters. The number of hydrogen-bond acceptors (Lipinski definition) is 5. The van der Waals surface area contributed by atoms with Crippen molar-refractivity contribution in [3.05, 3.63) is 53.6 Å². The third-order valence-corrected chi connectivity index (χ3v) is 4.31. The number of carbonyl (C=O) groups is 3. The number of nitrogens with one attached hydrogen (secondary N) is 2. The largest absolute Gasteiger partial charge is 0.495 e. The molecule has 1 aliphatic heterocycles. The highest BCUT2D eigenvalue weighted by Crippen LogP contribution is 2.26. The fraction of sp³-hybridized carbons (Fsp3) is 0.250. The van der Waals surface area contributed by atoms with Crippen molar-refractivity contribution >= 4 is 29.2 Å². The Kier molecular flexibility index (Phi) is 5.90. The van der Waals surface area contributed by atoms with E-state index in [0.29, 0.717) is 30.0 Å². The molecule has 1 atom stereocenters. The van der Waals surface area contributed by atoms with E-state index in [9.17, 15) is 14.4 Å². The number of amides is 2. The molecule has 1 fully saturated rings. The molecule has 1 saturated heterocycles. The minimum Gasteiger partial charge on any atom is -0.495 e. The topological polar surface area (TPSA) is 114 Å². The third-order valence-electron chi connectivity index (χ3n) is 4.31. The molecule has 1 heterocycles. The van der Waals surface area contributed by atoms with E-state index in [2.05, 4.69) is 10.6 Å². The molecule has 8 nitrogen and oxygen atoms in total. The molecule has 28 heavy (non-hydrogen) atoms. The van der Waals surface area contributed by atoms with Gasteiger partial charge in [-0.25, -0.2) is 4.79 Å². The Labute approximate surface area is 161 Å². The molecule has 1 aliphatic rings. The highest BCUT2D eigenvalue weighted by atomic mass is 16.5. The molecule has 0 aliphatic carbocycles. The van der Waals surface area contributed by atoms with Crippen LogP contribution in [0.5, 0.6) is 5.75 Å². The predicted octanol–water partition coefficient (Wildman–Crippen LogP) is 2.76. The standard InChI is InChI=1S/C20H20N2O6/c1-27-17-11-13(20(25)26)7-8-15(17)22-18(23)12-4-2-5-14(10-12)21-19(24)16-6-3-9-28-16/h2,4-5,7-8,10-11,16H,3,6,9H2,1H3,(H,21,24)(H,22,23)(H,25,26). The van der Waals surface area contributed by atoms with Crippen molar-refractivity contribution in [1.82, 2.24) is 0 Å². The van der Waals surface area contributed by atoms with Gasteiger partial charge in [0.2, 0.25) is 0 Å². The molecule has 2 aromatic rings. The first-order chi connectivity index (χ1) is 13.5. The minimum absolute atomic E-state index is 0.0497. The first-order valence-electron chi connectivity index (χ1n) is 8.73. The van der Waals surface area contributed by atoms with Crippen LogP contribution in [0.3, 0.4) is 0 Å². The molecule has 0 radical (unpaired) electrons. The highest BCUT2D eigenvalue weighted by Gasteiger charge is 2.23. The summed E-state index contributed by atoms with van der Waals surface area (Å²) in [5.41, 5.74) is 1.20. The van der Waals surface area contributed by atoms with Crippen molar-refractivity contribution < 1.29 is 29.0 Å². The van der Waals surface area contributed by atoms with E-state index in [0.717, 1.165) is 6.42 Å². The smallest absolute Gasteiger partial charge is 0.335 e. The molecule has 0 aromatic heterocycles. The normalized spacial score (nSPS) is 15.7. The van der Waals surface area contributed by atoms with Crippen molar-refractivity contribution in [2.45, 2.75) is 18.9 Å². The third kappa shape index (κ3) is 4.47. The van der Waals surface area contributed by atoms with Gasteiger partial charge in [0.15, 0.2) is 0 Å². The van der Waals surface area contributed by atoms with E-state index in [-0.39, 0.29) is 17.2 Å². The Morgan fingerprint density at radius 3 is 2.61 bits per heavy atom. The van der Waals surface area contributed by atoms with Crippen molar-refractivity contribution in [3.63, 3.8) is 0 Å². The number of methoxy groups -OCH3 is 1. The van der Waals surface area contributed by atoms with Gasteiger partial charge in [0, 0.05) is 17.9 Å². The molecule has 3 N–H and O–H groups in total. The summed E-state index contributed by atoms with van der Waals surface area (Å²) in [6, 6.07) is 10.7. The lowest BCUT2D eigenvalue weighted by molar-refractivity contribution is -0.124. The summed E-state index contributed by atoms with van der Waals surface area (Å²) in [6.45, 7) is 0.572. The maximum Gasteiger partial charge on any atom is 0.335 e. The lowest BCUT2D eigenvalue weighted by atomic mass is 10.1. The minimum atomic E-state index is -1.09. The van der Waals surface area contributed by atoms with Crippen molar-refractivity contribution in [3.8, 4) is 5.75 Å². The van der Waals surface area contributed by atoms with Crippen molar-refractivity contribution in [2.24, 2.45) is 0 Å². The predicted molar refractivity (Wildman–Crippen MR) is 102 cm³/mol. The molecular formula is C20H20N2O6. The second kappa shape index (κ2) is 8.53. The van der Waals surface area contributed by atoms with E-state index >= 15 is 0 Å². The fourth-order valence-corrected chi connectivity index (χ4v) is 2.87. The van der Waals surface area contributed by atoms with Gasteiger partial charge in [0.25, 0.3) is 11.8 Å². The van der Waals surface area contributed by atoms with E-state index in [1.807, 2.05) is 0 Å². The zero-order valence-electron chi connectivity index (χ0n) is 15.2. The Hall–Kier alpha value is -3.39. The number of anilines is 2. The first-order valence-corrected chi connectivity index (χ1v) is 8.73. The molecule has 2 aromatic carbocycles. The second-order valence-electron chi connectivity index (χ2n) is 6.25. The molecule has 3 rings (SSSR count). The maximum absolute atomic E-state index is 12.6. The molecule has 0 saturated carbocycles. The van der Waals surface area contributed by atoms with Gasteiger partial charge in [0.05, 0.1) is 18.4 Å². The maximum atomic E-state index is 12.6. The number of hydrogen-bond donors (Lipinski definition) is 3. The van der Waals surface area contributed by atoms with Gasteiger partial charge < -0.3 is 25.2 Å². The fourth-order valence-electron chi connectivity index (χ4n) is 2.87. The van der Waals surface area contributed by atoms with Gasteiger partial charge in [0.1, 0.15) is 11.9 Å². The molecule has 146 valence electrons. The van der Waals surface area contributed by atoms with Crippen LogP contribution < -0.4 is 15.4 Å². The van der Waals surface area contributed by atoms with Crippen LogP contribution in [0.15, 0.2) is 42.5 Å². The zero-order chi connectivity index (χ0) is 20.1. The van der Waals surface area contributed by atoms with Crippen LogP contribution in [0.25, 0.3) is 0 Å². The Balaban J connectivity index is 1.72. The van der Waals surface area contributed by atoms with Gasteiger partial charge in [-0.2, -0.15) is 0 Å². The molecule has 0 bridgehead atoms. The van der Waals surface area contributed by atoms with Crippen molar-refractivity contribution in [1.29, 1.82) is 0 Å². The van der Waals surface area contributed by atoms with Crippen LogP contribution in [-0.2, 0) is 9.53 Å². The van der Waals surface area contributed by atoms with Crippen LogP contribution in [0.1, 0.15) is 33.6 Å². The summed E-state index contributed by atoms with van der Waals surface area (Å²) < 4.78 is 10.5. The van der Waals surface area contributed by atoms with Crippen LogP contribution in [-0.4, -0.2) is 42.7 Å². The van der Waals surface area contributed by atoms with E-state index in [1.165, 1.54) is 25.3 Å². The van der Waals surface area contributed by atoms with Gasteiger partial charge in [-0.15, -0.1) is 0 Å². The van der Waals surface area contributed by atoms with Gasteiger partial charge in [-0.05, 0) is 49.2 Å². The van der Waals surface area contributed by atoms with Gasteiger partial charge >= 0.3 is 5.97 Å². The van der Waals surface area contributed by atoms with E-state index in [1.54, 1.807) is 24.3 Å². The number of ether oxygens (including phenoxy) is 2. The summed E-state index contributed by atoms with van der Waals surface area (Å²) in [4.78, 5) is 35.8. The first kappa shape index (κ1) is 19.4. The van der Waals surface area contributed by atoms with Crippen LogP contribution in [0.4, 0.5) is 11.4 Å². The average Bonchev–Trinajstić information content (AvgIpc) is 3.23. The van der Waals surface area contributed by atoms with Crippen LogP contribution in [0, 0.1) is 0 Å². The number of benzene rings is 2. The Morgan fingerprint density at radius 2 is 1.93 bits per heavy atom. The summed E-state index contributed by atoms with van der Waals surface area (Å²) in [5.74, 6) is -1.52. The molecule has 2 amide bonds. The summed E-state index contributed by atoms with van der Waals surface area (Å²) in [5, 5.41) is 14.5. The number of carbonyl (C=O) groups excluding carboxylic acids is 2. The summed E-state index contributed by atoms with van der Waals surface area (Å²) >= 11 is 0. The number of aromatic carboxylic acids is 1. The SMILES string of the molecule is COc1cc(C(=O)O)ccc1NC(=O)c1cccc(NC(=O)C2CCCO2)c1. The second-order valence-corrected chi connectivity index (χ2v) is 6.25. The lowest BCUT2D eigenvalue weighted by Crippen LogP contribution is -2.27. The Morgan fingerprint density at radius 1 is 1.11 bits per heavy atom. The van der Waals surface area contributed by atoms with Gasteiger partial charge in [-0.1, -0.05) is 6.07 Å². The summed E-state index contributed by atoms with van der Waals surface area (Å²) in [7, 11) is 1.39.